The van der Waals surface area contributed by atoms with E-state index in [2.05, 4.69) is 101 Å². The molecule has 2 fully saturated rings. The summed E-state index contributed by atoms with van der Waals surface area (Å²) in [7, 11) is 0. The van der Waals surface area contributed by atoms with Crippen LogP contribution in [0.5, 0.6) is 0 Å². The first-order valence-electron chi connectivity index (χ1n) is 13.8. The lowest BCUT2D eigenvalue weighted by molar-refractivity contribution is 0.122. The highest BCUT2D eigenvalue weighted by Gasteiger charge is 2.42. The van der Waals surface area contributed by atoms with Crippen molar-refractivity contribution < 1.29 is 4.74 Å². The van der Waals surface area contributed by atoms with Crippen molar-refractivity contribution in [3.8, 4) is 5.69 Å². The van der Waals surface area contributed by atoms with Crippen LogP contribution in [0.15, 0.2) is 79.0 Å². The molecule has 0 unspecified atom stereocenters. The van der Waals surface area contributed by atoms with Gasteiger partial charge < -0.3 is 24.4 Å². The van der Waals surface area contributed by atoms with Crippen molar-refractivity contribution >= 4 is 28.7 Å². The van der Waals surface area contributed by atoms with Crippen LogP contribution in [0.3, 0.4) is 0 Å². The average Bonchev–Trinajstić information content (AvgIpc) is 3.48. The van der Waals surface area contributed by atoms with Gasteiger partial charge in [0.05, 0.1) is 31.0 Å². The van der Waals surface area contributed by atoms with Crippen molar-refractivity contribution in [3.63, 3.8) is 0 Å². The van der Waals surface area contributed by atoms with Gasteiger partial charge >= 0.3 is 0 Å². The largest absolute Gasteiger partial charge is 0.378 e. The molecule has 0 spiro atoms. The van der Waals surface area contributed by atoms with E-state index in [0.29, 0.717) is 5.11 Å². The van der Waals surface area contributed by atoms with Gasteiger partial charge in [0.15, 0.2) is 5.11 Å². The molecule has 0 bridgehead atoms. The van der Waals surface area contributed by atoms with Crippen LogP contribution < -0.4 is 15.1 Å². The van der Waals surface area contributed by atoms with E-state index in [1.807, 2.05) is 18.3 Å². The van der Waals surface area contributed by atoms with Crippen molar-refractivity contribution in [3.05, 3.63) is 107 Å². The molecule has 7 heteroatoms. The lowest BCUT2D eigenvalue weighted by atomic mass is 9.96. The first-order valence-corrected chi connectivity index (χ1v) is 14.2. The van der Waals surface area contributed by atoms with Crippen molar-refractivity contribution in [2.45, 2.75) is 39.3 Å². The van der Waals surface area contributed by atoms with Crippen LogP contribution >= 0.6 is 12.2 Å². The maximum atomic E-state index is 5.99. The third-order valence-corrected chi connectivity index (χ3v) is 8.31. The molecule has 0 aliphatic carbocycles. The molecule has 4 heterocycles. The minimum atomic E-state index is -0.0750. The number of aryl methyl sites for hydroxylation is 2. The number of benzene rings is 2. The van der Waals surface area contributed by atoms with Crippen LogP contribution in [-0.4, -0.2) is 41.0 Å². The Balaban J connectivity index is 1.42. The summed E-state index contributed by atoms with van der Waals surface area (Å²) in [5.74, 6) is 0. The van der Waals surface area contributed by atoms with E-state index >= 15 is 0 Å². The molecule has 2 aromatic heterocycles. The van der Waals surface area contributed by atoms with Crippen molar-refractivity contribution in [1.82, 2.24) is 14.9 Å². The van der Waals surface area contributed by atoms with Gasteiger partial charge in [-0.1, -0.05) is 25.1 Å². The van der Waals surface area contributed by atoms with Crippen molar-refractivity contribution in [1.29, 1.82) is 0 Å². The van der Waals surface area contributed by atoms with Crippen molar-refractivity contribution in [2.24, 2.45) is 0 Å². The van der Waals surface area contributed by atoms with Gasteiger partial charge in [0.1, 0.15) is 0 Å². The molecule has 2 aromatic carbocycles. The van der Waals surface area contributed by atoms with E-state index in [9.17, 15) is 0 Å². The predicted octanol–water partition coefficient (Wildman–Crippen LogP) is 6.07. The molecule has 0 radical (unpaired) electrons. The third kappa shape index (κ3) is 4.81. The van der Waals surface area contributed by atoms with Gasteiger partial charge in [-0.15, -0.1) is 0 Å². The fraction of sp³-hybridized carbons (Fsp3) is 0.312. The topological polar surface area (TPSA) is 45.6 Å². The summed E-state index contributed by atoms with van der Waals surface area (Å²) in [5, 5.41) is 4.33. The summed E-state index contributed by atoms with van der Waals surface area (Å²) in [6.07, 6.45) is 2.89. The van der Waals surface area contributed by atoms with E-state index < -0.39 is 0 Å². The number of aromatic nitrogens is 2. The van der Waals surface area contributed by atoms with Crippen molar-refractivity contribution in [2.75, 3.05) is 36.1 Å². The summed E-state index contributed by atoms with van der Waals surface area (Å²) in [6, 6.07) is 25.9. The van der Waals surface area contributed by atoms with Crippen LogP contribution in [0.25, 0.3) is 5.69 Å². The summed E-state index contributed by atoms with van der Waals surface area (Å²) in [4.78, 5) is 9.38. The molecule has 2 saturated heterocycles. The number of rotatable bonds is 6. The Bertz CT molecular complexity index is 1440. The monoisotopic (exact) mass is 537 g/mol. The van der Waals surface area contributed by atoms with Gasteiger partial charge in [0.25, 0.3) is 0 Å². The highest BCUT2D eigenvalue weighted by Crippen LogP contribution is 2.44. The Morgan fingerprint density at radius 1 is 0.923 bits per heavy atom. The molecule has 1 N–H and O–H groups in total. The lowest BCUT2D eigenvalue weighted by Gasteiger charge is -2.31. The normalized spacial score (nSPS) is 19.4. The van der Waals surface area contributed by atoms with Gasteiger partial charge in [-0.25, -0.2) is 0 Å². The number of ether oxygens (including phenoxy) is 1. The Morgan fingerprint density at radius 3 is 2.28 bits per heavy atom. The predicted molar refractivity (Wildman–Crippen MR) is 162 cm³/mol. The summed E-state index contributed by atoms with van der Waals surface area (Å²) in [6.45, 7) is 9.96. The summed E-state index contributed by atoms with van der Waals surface area (Å²) < 4.78 is 7.89. The molecule has 0 saturated carbocycles. The molecule has 2 atom stereocenters. The van der Waals surface area contributed by atoms with Gasteiger partial charge in [-0.3, -0.25) is 4.98 Å². The van der Waals surface area contributed by atoms with E-state index in [-0.39, 0.29) is 12.1 Å². The van der Waals surface area contributed by atoms with Crippen LogP contribution in [-0.2, 0) is 11.2 Å². The van der Waals surface area contributed by atoms with E-state index in [1.54, 1.807) is 0 Å². The molecule has 2 aliphatic rings. The number of hydrogen-bond donors (Lipinski definition) is 1. The number of thiocarbonyl (C=S) groups is 1. The van der Waals surface area contributed by atoms with Crippen LogP contribution in [0.4, 0.5) is 11.4 Å². The van der Waals surface area contributed by atoms with Crippen LogP contribution in [0, 0.1) is 13.8 Å². The summed E-state index contributed by atoms with van der Waals surface area (Å²) >= 11 is 5.99. The van der Waals surface area contributed by atoms with Gasteiger partial charge in [0, 0.05) is 47.7 Å². The Morgan fingerprint density at radius 2 is 1.62 bits per heavy atom. The molecular formula is C32H35N5OS. The number of hydrogen-bond acceptors (Lipinski definition) is 4. The van der Waals surface area contributed by atoms with E-state index in [1.165, 1.54) is 33.9 Å². The zero-order valence-electron chi connectivity index (χ0n) is 22.8. The Hall–Kier alpha value is -3.68. The molecule has 6 nitrogen and oxygen atoms in total. The van der Waals surface area contributed by atoms with E-state index in [0.717, 1.165) is 44.1 Å². The third-order valence-electron chi connectivity index (χ3n) is 7.99. The Kier molecular flexibility index (Phi) is 7.11. The molecule has 0 amide bonds. The first kappa shape index (κ1) is 25.6. The standard InChI is InChI=1S/C32H35N5OS/c1-4-24-8-10-26(11-9-24)36-22(2)21-28(23(36)3)31-30(29-7-5-6-16-33-29)34-32(39)37(31)27-14-12-25(13-15-27)35-17-19-38-20-18-35/h5-16,21,30-31H,4,17-20H2,1-3H3,(H,34,39)/t30-,31-/m1/s1. The maximum Gasteiger partial charge on any atom is 0.174 e. The van der Waals surface area contributed by atoms with Gasteiger partial charge in [-0.2, -0.15) is 0 Å². The number of nitrogens with one attached hydrogen (secondary N) is 1. The molecule has 200 valence electrons. The molecule has 2 aliphatic heterocycles. The highest BCUT2D eigenvalue weighted by molar-refractivity contribution is 7.80. The zero-order valence-corrected chi connectivity index (χ0v) is 23.6. The number of anilines is 2. The number of nitrogens with zero attached hydrogens (tertiary/aromatic N) is 4. The smallest absolute Gasteiger partial charge is 0.174 e. The van der Waals surface area contributed by atoms with Crippen LogP contribution in [0.1, 0.15) is 47.2 Å². The minimum Gasteiger partial charge on any atom is -0.378 e. The maximum absolute atomic E-state index is 5.99. The molecule has 4 aromatic rings. The number of morpholine rings is 1. The molecular weight excluding hydrogens is 502 g/mol. The molecule has 6 rings (SSSR count). The Labute approximate surface area is 236 Å². The highest BCUT2D eigenvalue weighted by atomic mass is 32.1. The lowest BCUT2D eigenvalue weighted by Crippen LogP contribution is -2.36. The van der Waals surface area contributed by atoms with E-state index in [4.69, 9.17) is 21.9 Å². The first-order chi connectivity index (χ1) is 19.0. The number of pyridine rings is 1. The van der Waals surface area contributed by atoms with Crippen LogP contribution in [0.2, 0.25) is 0 Å². The zero-order chi connectivity index (χ0) is 26.9. The fourth-order valence-electron chi connectivity index (χ4n) is 5.96. The van der Waals surface area contributed by atoms with Gasteiger partial charge in [-0.05, 0) is 98.2 Å². The SMILES string of the molecule is CCc1ccc(-n2c(C)cc([C@@H]3[C@@H](c4ccccn4)NC(=S)N3c3ccc(N4CCOCC4)cc3)c2C)cc1. The summed E-state index contributed by atoms with van der Waals surface area (Å²) in [5.41, 5.74) is 9.45. The fourth-order valence-corrected chi connectivity index (χ4v) is 6.31. The second-order valence-electron chi connectivity index (χ2n) is 10.3. The quantitative estimate of drug-likeness (QED) is 0.302. The van der Waals surface area contributed by atoms with Gasteiger partial charge in [0.2, 0.25) is 0 Å². The second kappa shape index (κ2) is 10.8. The minimum absolute atomic E-state index is 0.0449. The average molecular weight is 538 g/mol. The second-order valence-corrected chi connectivity index (χ2v) is 10.7. The molecule has 39 heavy (non-hydrogen) atoms.